The molecule has 0 rings (SSSR count). The zero-order valence-corrected chi connectivity index (χ0v) is 13.6. The van der Waals surface area contributed by atoms with E-state index in [-0.39, 0.29) is 17.9 Å². The number of nitrogens with one attached hydrogen (secondary N) is 1. The first-order chi connectivity index (χ1) is 9.38. The number of ether oxygens (including phenoxy) is 1. The molecule has 1 amide bonds. The Labute approximate surface area is 123 Å². The van der Waals surface area contributed by atoms with E-state index in [1.165, 1.54) is 7.11 Å². The first kappa shape index (κ1) is 18.9. The molecule has 118 valence electrons. The van der Waals surface area contributed by atoms with E-state index < -0.39 is 0 Å². The van der Waals surface area contributed by atoms with E-state index in [2.05, 4.69) is 23.9 Å². The maximum atomic E-state index is 11.9. The summed E-state index contributed by atoms with van der Waals surface area (Å²) < 4.78 is 4.60. The van der Waals surface area contributed by atoms with Gasteiger partial charge in [0.1, 0.15) is 0 Å². The Bertz CT molecular complexity index is 293. The van der Waals surface area contributed by atoms with Gasteiger partial charge in [0.15, 0.2) is 0 Å². The lowest BCUT2D eigenvalue weighted by atomic mass is 10.0. The van der Waals surface area contributed by atoms with Crippen molar-refractivity contribution in [2.75, 3.05) is 26.7 Å². The Morgan fingerprint density at radius 1 is 1.20 bits per heavy atom. The molecule has 1 atom stereocenters. The van der Waals surface area contributed by atoms with E-state index in [0.29, 0.717) is 25.4 Å². The number of hydrogen-bond donors (Lipinski definition) is 1. The number of carbonyl (C=O) groups excluding carboxylic acids is 2. The SMILES string of the molecule is CCN(CCC(=O)OC)CC(=O)NC(C)CCC(C)C. The van der Waals surface area contributed by atoms with Gasteiger partial charge in [-0.05, 0) is 32.2 Å². The summed E-state index contributed by atoms with van der Waals surface area (Å²) in [6.45, 7) is 10.00. The lowest BCUT2D eigenvalue weighted by molar-refractivity contribution is -0.141. The number of hydrogen-bond acceptors (Lipinski definition) is 4. The second-order valence-electron chi connectivity index (χ2n) is 5.63. The van der Waals surface area contributed by atoms with Gasteiger partial charge in [-0.3, -0.25) is 14.5 Å². The van der Waals surface area contributed by atoms with E-state index >= 15 is 0 Å². The molecule has 0 fully saturated rings. The molecule has 1 N–H and O–H groups in total. The molecule has 0 aliphatic rings. The smallest absolute Gasteiger partial charge is 0.306 e. The number of esters is 1. The van der Waals surface area contributed by atoms with Crippen LogP contribution in [0.5, 0.6) is 0 Å². The third kappa shape index (κ3) is 9.78. The minimum absolute atomic E-state index is 0.0213. The Morgan fingerprint density at radius 3 is 2.35 bits per heavy atom. The van der Waals surface area contributed by atoms with Gasteiger partial charge in [-0.1, -0.05) is 20.8 Å². The highest BCUT2D eigenvalue weighted by molar-refractivity contribution is 5.78. The van der Waals surface area contributed by atoms with Crippen LogP contribution in [0.15, 0.2) is 0 Å². The molecule has 0 aromatic carbocycles. The number of methoxy groups -OCH3 is 1. The van der Waals surface area contributed by atoms with Gasteiger partial charge in [0.2, 0.25) is 5.91 Å². The average molecular weight is 286 g/mol. The molecular weight excluding hydrogens is 256 g/mol. The third-order valence-electron chi connectivity index (χ3n) is 3.26. The number of likely N-dealkylation sites (N-methyl/N-ethyl adjacent to an activating group) is 1. The molecule has 5 heteroatoms. The van der Waals surface area contributed by atoms with Crippen LogP contribution in [0.1, 0.15) is 47.0 Å². The fourth-order valence-electron chi connectivity index (χ4n) is 1.88. The maximum absolute atomic E-state index is 11.9. The quantitative estimate of drug-likeness (QED) is 0.622. The summed E-state index contributed by atoms with van der Waals surface area (Å²) in [5.41, 5.74) is 0. The van der Waals surface area contributed by atoms with E-state index in [4.69, 9.17) is 0 Å². The Kier molecular flexibility index (Phi) is 10.1. The van der Waals surface area contributed by atoms with Gasteiger partial charge in [-0.2, -0.15) is 0 Å². The van der Waals surface area contributed by atoms with Gasteiger partial charge in [-0.15, -0.1) is 0 Å². The van der Waals surface area contributed by atoms with Crippen molar-refractivity contribution in [2.24, 2.45) is 5.92 Å². The van der Waals surface area contributed by atoms with Gasteiger partial charge < -0.3 is 10.1 Å². The summed E-state index contributed by atoms with van der Waals surface area (Å²) in [6.07, 6.45) is 2.43. The molecule has 0 aromatic rings. The van der Waals surface area contributed by atoms with Crippen molar-refractivity contribution in [1.29, 1.82) is 0 Å². The lowest BCUT2D eigenvalue weighted by Crippen LogP contribution is -2.41. The van der Waals surface area contributed by atoms with E-state index in [9.17, 15) is 9.59 Å². The van der Waals surface area contributed by atoms with Crippen LogP contribution in [0.2, 0.25) is 0 Å². The first-order valence-electron chi connectivity index (χ1n) is 7.47. The summed E-state index contributed by atoms with van der Waals surface area (Å²) in [5, 5.41) is 3.00. The molecular formula is C15H30N2O3. The van der Waals surface area contributed by atoms with Crippen molar-refractivity contribution < 1.29 is 14.3 Å². The Hall–Kier alpha value is -1.10. The summed E-state index contributed by atoms with van der Waals surface area (Å²) >= 11 is 0. The number of rotatable bonds is 10. The van der Waals surface area contributed by atoms with Crippen molar-refractivity contribution in [3.63, 3.8) is 0 Å². The monoisotopic (exact) mass is 286 g/mol. The van der Waals surface area contributed by atoms with E-state index in [1.807, 2.05) is 18.7 Å². The zero-order valence-electron chi connectivity index (χ0n) is 13.6. The molecule has 0 heterocycles. The molecule has 0 aromatic heterocycles. The van der Waals surface area contributed by atoms with Crippen molar-refractivity contribution >= 4 is 11.9 Å². The lowest BCUT2D eigenvalue weighted by Gasteiger charge is -2.21. The average Bonchev–Trinajstić information content (AvgIpc) is 2.40. The highest BCUT2D eigenvalue weighted by atomic mass is 16.5. The van der Waals surface area contributed by atoms with Crippen LogP contribution in [0.4, 0.5) is 0 Å². The highest BCUT2D eigenvalue weighted by Gasteiger charge is 2.13. The third-order valence-corrected chi connectivity index (χ3v) is 3.26. The summed E-state index contributed by atoms with van der Waals surface area (Å²) in [4.78, 5) is 25.0. The molecule has 0 saturated carbocycles. The van der Waals surface area contributed by atoms with Gasteiger partial charge in [0.25, 0.3) is 0 Å². The minimum Gasteiger partial charge on any atom is -0.469 e. The number of nitrogens with zero attached hydrogens (tertiary/aromatic N) is 1. The fourth-order valence-corrected chi connectivity index (χ4v) is 1.88. The van der Waals surface area contributed by atoms with Crippen LogP contribution in [-0.2, 0) is 14.3 Å². The number of carbonyl (C=O) groups is 2. The molecule has 20 heavy (non-hydrogen) atoms. The van der Waals surface area contributed by atoms with Crippen molar-refractivity contribution in [2.45, 2.75) is 53.0 Å². The van der Waals surface area contributed by atoms with Gasteiger partial charge >= 0.3 is 5.97 Å². The molecule has 0 spiro atoms. The second kappa shape index (κ2) is 10.7. The predicted octanol–water partition coefficient (Wildman–Crippen LogP) is 1.81. The van der Waals surface area contributed by atoms with Gasteiger partial charge in [0.05, 0.1) is 20.1 Å². The predicted molar refractivity (Wildman–Crippen MR) is 80.4 cm³/mol. The standard InChI is InChI=1S/C15H30N2O3/c1-6-17(10-9-15(19)20-5)11-14(18)16-13(4)8-7-12(2)3/h12-13H,6-11H2,1-5H3,(H,16,18). The van der Waals surface area contributed by atoms with Crippen LogP contribution in [-0.4, -0.2) is 49.6 Å². The molecule has 0 aliphatic heterocycles. The molecule has 5 nitrogen and oxygen atoms in total. The van der Waals surface area contributed by atoms with Gasteiger partial charge in [0, 0.05) is 12.6 Å². The minimum atomic E-state index is -0.242. The molecule has 0 aliphatic carbocycles. The molecule has 1 unspecified atom stereocenters. The van der Waals surface area contributed by atoms with Gasteiger partial charge in [-0.25, -0.2) is 0 Å². The second-order valence-corrected chi connectivity index (χ2v) is 5.63. The molecule has 0 saturated heterocycles. The van der Waals surface area contributed by atoms with E-state index in [1.54, 1.807) is 0 Å². The Balaban J connectivity index is 3.99. The summed E-state index contributed by atoms with van der Waals surface area (Å²) in [6, 6.07) is 0.198. The van der Waals surface area contributed by atoms with Crippen LogP contribution in [0, 0.1) is 5.92 Å². The van der Waals surface area contributed by atoms with E-state index in [0.717, 1.165) is 19.4 Å². The summed E-state index contributed by atoms with van der Waals surface area (Å²) in [7, 11) is 1.38. The van der Waals surface area contributed by atoms with Crippen LogP contribution in [0.25, 0.3) is 0 Å². The van der Waals surface area contributed by atoms with Crippen molar-refractivity contribution in [3.05, 3.63) is 0 Å². The van der Waals surface area contributed by atoms with Crippen molar-refractivity contribution in [1.82, 2.24) is 10.2 Å². The number of amides is 1. The maximum Gasteiger partial charge on any atom is 0.306 e. The topological polar surface area (TPSA) is 58.6 Å². The van der Waals surface area contributed by atoms with Crippen LogP contribution < -0.4 is 5.32 Å². The summed E-state index contributed by atoms with van der Waals surface area (Å²) in [5.74, 6) is 0.434. The zero-order chi connectivity index (χ0) is 15.5. The normalized spacial score (nSPS) is 12.6. The first-order valence-corrected chi connectivity index (χ1v) is 7.47. The van der Waals surface area contributed by atoms with Crippen LogP contribution >= 0.6 is 0 Å². The fraction of sp³-hybridized carbons (Fsp3) is 0.867. The van der Waals surface area contributed by atoms with Crippen molar-refractivity contribution in [3.8, 4) is 0 Å². The highest BCUT2D eigenvalue weighted by Crippen LogP contribution is 2.06. The molecule has 0 bridgehead atoms. The molecule has 0 radical (unpaired) electrons. The Morgan fingerprint density at radius 2 is 1.85 bits per heavy atom. The van der Waals surface area contributed by atoms with Crippen LogP contribution in [0.3, 0.4) is 0 Å². The largest absolute Gasteiger partial charge is 0.469 e.